The maximum absolute atomic E-state index is 9.15. The van der Waals surface area contributed by atoms with E-state index in [4.69, 9.17) is 14.6 Å². The average molecular weight is 196 g/mol. The molecule has 1 aromatic rings. The minimum atomic E-state index is 0.236. The van der Waals surface area contributed by atoms with Gasteiger partial charge in [-0.1, -0.05) is 6.07 Å². The molecular formula is C11H16O3. The summed E-state index contributed by atoms with van der Waals surface area (Å²) in [7, 11) is 1.69. The molecule has 3 nitrogen and oxygen atoms in total. The minimum absolute atomic E-state index is 0.236. The van der Waals surface area contributed by atoms with Gasteiger partial charge in [-0.25, -0.2) is 0 Å². The molecule has 1 rings (SSSR count). The van der Waals surface area contributed by atoms with Crippen molar-refractivity contribution < 1.29 is 14.6 Å². The molecule has 0 bridgehead atoms. The molecule has 0 unspecified atom stereocenters. The van der Waals surface area contributed by atoms with Crippen LogP contribution in [-0.4, -0.2) is 25.4 Å². The highest BCUT2D eigenvalue weighted by Crippen LogP contribution is 2.17. The largest absolute Gasteiger partial charge is 0.508 e. The molecule has 1 N–H and O–H groups in total. The number of ether oxygens (including phenoxy) is 2. The van der Waals surface area contributed by atoms with Crippen LogP contribution in [0.4, 0.5) is 0 Å². The molecule has 0 spiro atoms. The van der Waals surface area contributed by atoms with Gasteiger partial charge in [0, 0.05) is 19.8 Å². The Morgan fingerprint density at radius 1 is 1.21 bits per heavy atom. The van der Waals surface area contributed by atoms with Crippen molar-refractivity contribution in [3.63, 3.8) is 0 Å². The standard InChI is InChI=1S/C11H16O3/c1-13-7-2-3-8-14-11-6-4-5-10(12)9-11/h4-6,9,12H,2-3,7-8H2,1H3. The zero-order valence-corrected chi connectivity index (χ0v) is 8.40. The second-order valence-electron chi connectivity index (χ2n) is 3.05. The first-order valence-electron chi connectivity index (χ1n) is 4.73. The maximum Gasteiger partial charge on any atom is 0.122 e. The highest BCUT2D eigenvalue weighted by Gasteiger charge is 1.94. The van der Waals surface area contributed by atoms with E-state index in [1.807, 2.05) is 6.07 Å². The van der Waals surface area contributed by atoms with Gasteiger partial charge in [-0.15, -0.1) is 0 Å². The molecule has 1 aromatic carbocycles. The zero-order valence-electron chi connectivity index (χ0n) is 8.40. The quantitative estimate of drug-likeness (QED) is 0.709. The molecular weight excluding hydrogens is 180 g/mol. The lowest BCUT2D eigenvalue weighted by atomic mass is 10.3. The molecule has 0 saturated carbocycles. The van der Waals surface area contributed by atoms with Gasteiger partial charge in [0.15, 0.2) is 0 Å². The van der Waals surface area contributed by atoms with Gasteiger partial charge in [0.1, 0.15) is 11.5 Å². The monoisotopic (exact) mass is 196 g/mol. The van der Waals surface area contributed by atoms with Crippen molar-refractivity contribution in [1.29, 1.82) is 0 Å². The smallest absolute Gasteiger partial charge is 0.122 e. The van der Waals surface area contributed by atoms with Crippen molar-refractivity contribution in [2.75, 3.05) is 20.3 Å². The number of phenols is 1. The van der Waals surface area contributed by atoms with E-state index in [9.17, 15) is 0 Å². The topological polar surface area (TPSA) is 38.7 Å². The molecule has 0 aliphatic carbocycles. The molecule has 78 valence electrons. The van der Waals surface area contributed by atoms with Crippen LogP contribution in [0, 0.1) is 0 Å². The number of hydrogen-bond donors (Lipinski definition) is 1. The summed E-state index contributed by atoms with van der Waals surface area (Å²) in [5.74, 6) is 0.946. The van der Waals surface area contributed by atoms with Gasteiger partial charge < -0.3 is 14.6 Å². The SMILES string of the molecule is COCCCCOc1cccc(O)c1. The van der Waals surface area contributed by atoms with Crippen LogP contribution in [0.3, 0.4) is 0 Å². The van der Waals surface area contributed by atoms with Crippen molar-refractivity contribution >= 4 is 0 Å². The first-order chi connectivity index (χ1) is 6.83. The van der Waals surface area contributed by atoms with Crippen LogP contribution in [0.2, 0.25) is 0 Å². The third kappa shape index (κ3) is 4.14. The van der Waals surface area contributed by atoms with Crippen molar-refractivity contribution in [3.8, 4) is 11.5 Å². The molecule has 0 saturated heterocycles. The number of unbranched alkanes of at least 4 members (excludes halogenated alkanes) is 1. The predicted octanol–water partition coefficient (Wildman–Crippen LogP) is 2.20. The second-order valence-corrected chi connectivity index (χ2v) is 3.05. The summed E-state index contributed by atoms with van der Waals surface area (Å²) >= 11 is 0. The maximum atomic E-state index is 9.15. The molecule has 0 heterocycles. The van der Waals surface area contributed by atoms with E-state index in [1.165, 1.54) is 0 Å². The lowest BCUT2D eigenvalue weighted by Crippen LogP contribution is -1.99. The summed E-state index contributed by atoms with van der Waals surface area (Å²) < 4.78 is 10.3. The Morgan fingerprint density at radius 2 is 2.00 bits per heavy atom. The highest BCUT2D eigenvalue weighted by molar-refractivity contribution is 5.31. The van der Waals surface area contributed by atoms with Crippen LogP contribution in [-0.2, 0) is 4.74 Å². The fraction of sp³-hybridized carbons (Fsp3) is 0.455. The first-order valence-corrected chi connectivity index (χ1v) is 4.73. The van der Waals surface area contributed by atoms with E-state index >= 15 is 0 Å². The second kappa shape index (κ2) is 6.27. The van der Waals surface area contributed by atoms with Crippen LogP contribution < -0.4 is 4.74 Å². The summed E-state index contributed by atoms with van der Waals surface area (Å²) in [6.07, 6.45) is 1.96. The van der Waals surface area contributed by atoms with Crippen LogP contribution in [0.25, 0.3) is 0 Å². The Hall–Kier alpha value is -1.22. The lowest BCUT2D eigenvalue weighted by molar-refractivity contribution is 0.184. The summed E-state index contributed by atoms with van der Waals surface area (Å²) in [6.45, 7) is 1.43. The van der Waals surface area contributed by atoms with E-state index in [0.29, 0.717) is 12.4 Å². The third-order valence-corrected chi connectivity index (χ3v) is 1.83. The number of rotatable bonds is 6. The Kier molecular flexibility index (Phi) is 4.86. The summed E-state index contributed by atoms with van der Waals surface area (Å²) in [5.41, 5.74) is 0. The van der Waals surface area contributed by atoms with E-state index < -0.39 is 0 Å². The number of phenolic OH excluding ortho intramolecular Hbond substituents is 1. The van der Waals surface area contributed by atoms with Gasteiger partial charge in [0.25, 0.3) is 0 Å². The zero-order chi connectivity index (χ0) is 10.2. The van der Waals surface area contributed by atoms with Gasteiger partial charge in [-0.05, 0) is 25.0 Å². The van der Waals surface area contributed by atoms with E-state index in [0.717, 1.165) is 19.4 Å². The Labute approximate surface area is 84.3 Å². The van der Waals surface area contributed by atoms with Crippen molar-refractivity contribution in [1.82, 2.24) is 0 Å². The van der Waals surface area contributed by atoms with Gasteiger partial charge in [-0.3, -0.25) is 0 Å². The molecule has 3 heteroatoms. The first kappa shape index (κ1) is 10.9. The molecule has 0 aromatic heterocycles. The Bertz CT molecular complexity index is 260. The number of hydrogen-bond acceptors (Lipinski definition) is 3. The molecule has 0 fully saturated rings. The van der Waals surface area contributed by atoms with Crippen molar-refractivity contribution in [2.45, 2.75) is 12.8 Å². The predicted molar refractivity (Wildman–Crippen MR) is 54.7 cm³/mol. The van der Waals surface area contributed by atoms with Crippen molar-refractivity contribution in [2.24, 2.45) is 0 Å². The van der Waals surface area contributed by atoms with Gasteiger partial charge >= 0.3 is 0 Å². The van der Waals surface area contributed by atoms with Crippen LogP contribution in [0.1, 0.15) is 12.8 Å². The number of methoxy groups -OCH3 is 1. The summed E-state index contributed by atoms with van der Waals surface area (Å²) in [4.78, 5) is 0. The van der Waals surface area contributed by atoms with Gasteiger partial charge in [0.05, 0.1) is 6.61 Å². The van der Waals surface area contributed by atoms with Gasteiger partial charge in [0.2, 0.25) is 0 Å². The molecule has 14 heavy (non-hydrogen) atoms. The lowest BCUT2D eigenvalue weighted by Gasteiger charge is -2.05. The van der Waals surface area contributed by atoms with Crippen molar-refractivity contribution in [3.05, 3.63) is 24.3 Å². The van der Waals surface area contributed by atoms with Gasteiger partial charge in [-0.2, -0.15) is 0 Å². The minimum Gasteiger partial charge on any atom is -0.508 e. The fourth-order valence-electron chi connectivity index (χ4n) is 1.11. The Balaban J connectivity index is 2.18. The average Bonchev–Trinajstić information content (AvgIpc) is 2.18. The molecule has 0 aliphatic heterocycles. The normalized spacial score (nSPS) is 10.1. The third-order valence-electron chi connectivity index (χ3n) is 1.83. The molecule has 0 radical (unpaired) electrons. The number of aromatic hydroxyl groups is 1. The van der Waals surface area contributed by atoms with E-state index in [2.05, 4.69) is 0 Å². The van der Waals surface area contributed by atoms with Crippen LogP contribution in [0.15, 0.2) is 24.3 Å². The van der Waals surface area contributed by atoms with E-state index in [1.54, 1.807) is 25.3 Å². The number of benzene rings is 1. The highest BCUT2D eigenvalue weighted by atomic mass is 16.5. The fourth-order valence-corrected chi connectivity index (χ4v) is 1.11. The summed E-state index contributed by atoms with van der Waals surface area (Å²) in [6, 6.07) is 6.82. The van der Waals surface area contributed by atoms with Crippen LogP contribution >= 0.6 is 0 Å². The van der Waals surface area contributed by atoms with E-state index in [-0.39, 0.29) is 5.75 Å². The summed E-state index contributed by atoms with van der Waals surface area (Å²) in [5, 5.41) is 9.15. The molecule has 0 amide bonds. The van der Waals surface area contributed by atoms with Crippen LogP contribution in [0.5, 0.6) is 11.5 Å². The Morgan fingerprint density at radius 3 is 2.71 bits per heavy atom. The molecule has 0 atom stereocenters. The molecule has 0 aliphatic rings.